The van der Waals surface area contributed by atoms with E-state index in [0.717, 1.165) is 25.2 Å². The average molecular weight is 291 g/mol. The van der Waals surface area contributed by atoms with Crippen LogP contribution in [0.4, 0.5) is 5.69 Å². The first-order valence-corrected chi connectivity index (χ1v) is 7.95. The quantitative estimate of drug-likeness (QED) is 0.865. The van der Waals surface area contributed by atoms with Crippen LogP contribution in [0.15, 0.2) is 18.2 Å². The van der Waals surface area contributed by atoms with Crippen LogP contribution in [0.25, 0.3) is 0 Å². The maximum atomic E-state index is 6.15. The third-order valence-electron chi connectivity index (χ3n) is 4.72. The molecule has 1 aromatic rings. The predicted octanol–water partition coefficient (Wildman–Crippen LogP) is 3.54. The van der Waals surface area contributed by atoms with Gasteiger partial charge in [0.2, 0.25) is 0 Å². The lowest BCUT2D eigenvalue weighted by Gasteiger charge is -2.43. The minimum absolute atomic E-state index is 0.0686. The second kappa shape index (κ2) is 6.14. The van der Waals surface area contributed by atoms with E-state index in [0.29, 0.717) is 11.4 Å². The SMILES string of the molecule is COc1ccc(OC2CCOC3(CCCCC3)C2)cc1N. The molecule has 1 saturated carbocycles. The van der Waals surface area contributed by atoms with Crippen molar-refractivity contribution in [3.8, 4) is 11.5 Å². The van der Waals surface area contributed by atoms with Crippen LogP contribution in [0, 0.1) is 0 Å². The molecular formula is C17H25NO3. The molecule has 4 nitrogen and oxygen atoms in total. The van der Waals surface area contributed by atoms with Gasteiger partial charge in [0.05, 0.1) is 25.0 Å². The number of anilines is 1. The van der Waals surface area contributed by atoms with E-state index in [4.69, 9.17) is 19.9 Å². The van der Waals surface area contributed by atoms with Crippen molar-refractivity contribution in [2.24, 2.45) is 0 Å². The van der Waals surface area contributed by atoms with Crippen molar-refractivity contribution in [2.75, 3.05) is 19.5 Å². The molecule has 1 saturated heterocycles. The van der Waals surface area contributed by atoms with Gasteiger partial charge in [-0.15, -0.1) is 0 Å². The number of nitrogen functional groups attached to an aromatic ring is 1. The fraction of sp³-hybridized carbons (Fsp3) is 0.647. The van der Waals surface area contributed by atoms with E-state index in [1.165, 1.54) is 32.1 Å². The van der Waals surface area contributed by atoms with E-state index in [9.17, 15) is 0 Å². The first-order valence-electron chi connectivity index (χ1n) is 7.95. The Morgan fingerprint density at radius 3 is 2.76 bits per heavy atom. The molecule has 0 amide bonds. The molecule has 21 heavy (non-hydrogen) atoms. The standard InChI is InChI=1S/C17H25NO3/c1-19-16-6-5-13(11-15(16)18)21-14-7-10-20-17(12-14)8-3-2-4-9-17/h5-6,11,14H,2-4,7-10,12,18H2,1H3. The second-order valence-electron chi connectivity index (χ2n) is 6.23. The summed E-state index contributed by atoms with van der Waals surface area (Å²) in [7, 11) is 1.62. The Labute approximate surface area is 126 Å². The summed E-state index contributed by atoms with van der Waals surface area (Å²) in [6.45, 7) is 0.802. The van der Waals surface area contributed by atoms with Crippen molar-refractivity contribution < 1.29 is 14.2 Å². The number of methoxy groups -OCH3 is 1. The molecule has 1 spiro atoms. The van der Waals surface area contributed by atoms with Crippen LogP contribution in [0.2, 0.25) is 0 Å². The van der Waals surface area contributed by atoms with Gasteiger partial charge in [-0.2, -0.15) is 0 Å². The highest BCUT2D eigenvalue weighted by Crippen LogP contribution is 2.39. The van der Waals surface area contributed by atoms with Gasteiger partial charge in [-0.25, -0.2) is 0 Å². The topological polar surface area (TPSA) is 53.7 Å². The summed E-state index contributed by atoms with van der Waals surface area (Å²) in [5.41, 5.74) is 6.63. The Hall–Kier alpha value is -1.42. The van der Waals surface area contributed by atoms with Crippen molar-refractivity contribution in [1.82, 2.24) is 0 Å². The molecule has 2 N–H and O–H groups in total. The average Bonchev–Trinajstić information content (AvgIpc) is 2.48. The van der Waals surface area contributed by atoms with Gasteiger partial charge < -0.3 is 19.9 Å². The first-order chi connectivity index (χ1) is 10.2. The molecule has 0 radical (unpaired) electrons. The molecule has 1 aliphatic carbocycles. The van der Waals surface area contributed by atoms with E-state index < -0.39 is 0 Å². The van der Waals surface area contributed by atoms with Crippen LogP contribution in [0.3, 0.4) is 0 Å². The molecule has 2 fully saturated rings. The fourth-order valence-corrected chi connectivity index (χ4v) is 3.61. The molecule has 2 aliphatic rings. The molecule has 1 aliphatic heterocycles. The van der Waals surface area contributed by atoms with Crippen LogP contribution in [-0.2, 0) is 4.74 Å². The van der Waals surface area contributed by atoms with Crippen molar-refractivity contribution >= 4 is 5.69 Å². The van der Waals surface area contributed by atoms with Crippen molar-refractivity contribution in [2.45, 2.75) is 56.7 Å². The molecule has 3 rings (SSSR count). The zero-order valence-electron chi connectivity index (χ0n) is 12.8. The van der Waals surface area contributed by atoms with Gasteiger partial charge in [0.25, 0.3) is 0 Å². The molecule has 116 valence electrons. The van der Waals surface area contributed by atoms with E-state index in [2.05, 4.69) is 0 Å². The number of benzene rings is 1. The van der Waals surface area contributed by atoms with Crippen LogP contribution >= 0.6 is 0 Å². The van der Waals surface area contributed by atoms with E-state index in [1.807, 2.05) is 18.2 Å². The van der Waals surface area contributed by atoms with Crippen LogP contribution in [0.1, 0.15) is 44.9 Å². The molecule has 4 heteroatoms. The second-order valence-corrected chi connectivity index (χ2v) is 6.23. The molecule has 0 bridgehead atoms. The summed E-state index contributed by atoms with van der Waals surface area (Å²) in [6.07, 6.45) is 8.43. The van der Waals surface area contributed by atoms with Gasteiger partial charge >= 0.3 is 0 Å². The Bertz CT molecular complexity index is 477. The largest absolute Gasteiger partial charge is 0.495 e. The van der Waals surface area contributed by atoms with Gasteiger partial charge in [-0.1, -0.05) is 19.3 Å². The number of hydrogen-bond acceptors (Lipinski definition) is 4. The highest BCUT2D eigenvalue weighted by Gasteiger charge is 2.39. The van der Waals surface area contributed by atoms with Gasteiger partial charge in [-0.05, 0) is 25.0 Å². The predicted molar refractivity (Wildman–Crippen MR) is 82.8 cm³/mol. The minimum atomic E-state index is 0.0686. The molecule has 1 atom stereocenters. The normalized spacial score (nSPS) is 24.7. The summed E-state index contributed by atoms with van der Waals surface area (Å²) < 4.78 is 17.4. The highest BCUT2D eigenvalue weighted by molar-refractivity contribution is 5.56. The van der Waals surface area contributed by atoms with Crippen LogP contribution in [-0.4, -0.2) is 25.4 Å². The minimum Gasteiger partial charge on any atom is -0.495 e. The Morgan fingerprint density at radius 1 is 1.24 bits per heavy atom. The van der Waals surface area contributed by atoms with Gasteiger partial charge in [0.15, 0.2) is 0 Å². The fourth-order valence-electron chi connectivity index (χ4n) is 3.61. The Balaban J connectivity index is 1.65. The lowest BCUT2D eigenvalue weighted by molar-refractivity contribution is -0.129. The number of ether oxygens (including phenoxy) is 3. The van der Waals surface area contributed by atoms with Crippen LogP contribution in [0.5, 0.6) is 11.5 Å². The number of nitrogens with two attached hydrogens (primary N) is 1. The Kier molecular flexibility index (Phi) is 4.24. The third kappa shape index (κ3) is 3.26. The molecular weight excluding hydrogens is 266 g/mol. The summed E-state index contributed by atoms with van der Waals surface area (Å²) in [5.74, 6) is 1.52. The maximum Gasteiger partial charge on any atom is 0.142 e. The lowest BCUT2D eigenvalue weighted by atomic mass is 9.79. The smallest absolute Gasteiger partial charge is 0.142 e. The van der Waals surface area contributed by atoms with Crippen LogP contribution < -0.4 is 15.2 Å². The molecule has 0 aromatic heterocycles. The summed E-state index contributed by atoms with van der Waals surface area (Å²) >= 11 is 0. The van der Waals surface area contributed by atoms with Crippen molar-refractivity contribution in [3.05, 3.63) is 18.2 Å². The van der Waals surface area contributed by atoms with Gasteiger partial charge in [0, 0.05) is 18.9 Å². The van der Waals surface area contributed by atoms with Crippen molar-refractivity contribution in [3.63, 3.8) is 0 Å². The van der Waals surface area contributed by atoms with E-state index >= 15 is 0 Å². The highest BCUT2D eigenvalue weighted by atomic mass is 16.5. The molecule has 1 heterocycles. The Morgan fingerprint density at radius 2 is 2.05 bits per heavy atom. The monoisotopic (exact) mass is 291 g/mol. The van der Waals surface area contributed by atoms with Gasteiger partial charge in [-0.3, -0.25) is 0 Å². The zero-order valence-corrected chi connectivity index (χ0v) is 12.8. The summed E-state index contributed by atoms with van der Waals surface area (Å²) in [6, 6.07) is 5.64. The summed E-state index contributed by atoms with van der Waals surface area (Å²) in [5, 5.41) is 0. The maximum absolute atomic E-state index is 6.15. The number of hydrogen-bond donors (Lipinski definition) is 1. The zero-order chi connectivity index (χ0) is 14.7. The lowest BCUT2D eigenvalue weighted by Crippen LogP contribution is -2.45. The van der Waals surface area contributed by atoms with Gasteiger partial charge in [0.1, 0.15) is 17.6 Å². The third-order valence-corrected chi connectivity index (χ3v) is 4.72. The molecule has 1 unspecified atom stereocenters. The van der Waals surface area contributed by atoms with E-state index in [1.54, 1.807) is 7.11 Å². The molecule has 1 aromatic carbocycles. The number of rotatable bonds is 3. The van der Waals surface area contributed by atoms with E-state index in [-0.39, 0.29) is 11.7 Å². The summed E-state index contributed by atoms with van der Waals surface area (Å²) in [4.78, 5) is 0. The van der Waals surface area contributed by atoms with Crippen molar-refractivity contribution in [1.29, 1.82) is 0 Å². The first kappa shape index (κ1) is 14.5.